The van der Waals surface area contributed by atoms with E-state index in [0.29, 0.717) is 25.7 Å². The van der Waals surface area contributed by atoms with Crippen molar-refractivity contribution in [1.29, 1.82) is 0 Å². The Kier molecular flexibility index (Phi) is 8.56. The van der Waals surface area contributed by atoms with E-state index in [4.69, 9.17) is 9.47 Å². The van der Waals surface area contributed by atoms with Gasteiger partial charge in [-0.05, 0) is 75.7 Å². The van der Waals surface area contributed by atoms with E-state index >= 15 is 0 Å². The van der Waals surface area contributed by atoms with Crippen LogP contribution in [0.25, 0.3) is 6.08 Å². The number of nitrogens with zero attached hydrogens (tertiary/aromatic N) is 1. The molecule has 4 rings (SSSR count). The van der Waals surface area contributed by atoms with Gasteiger partial charge in [0.1, 0.15) is 11.9 Å². The number of esters is 1. The van der Waals surface area contributed by atoms with Gasteiger partial charge in [-0.2, -0.15) is 0 Å². The highest BCUT2D eigenvalue weighted by atomic mass is 16.6. The van der Waals surface area contributed by atoms with Gasteiger partial charge in [0, 0.05) is 18.5 Å². The van der Waals surface area contributed by atoms with Crippen molar-refractivity contribution < 1.29 is 29.3 Å². The first kappa shape index (κ1) is 27.9. The van der Waals surface area contributed by atoms with Crippen molar-refractivity contribution in [2.45, 2.75) is 115 Å². The molecular weight excluding hydrogens is 470 g/mol. The zero-order chi connectivity index (χ0) is 26.8. The summed E-state index contributed by atoms with van der Waals surface area (Å²) in [5, 5.41) is 22.3. The minimum atomic E-state index is -1.13. The molecule has 1 spiro atoms. The number of carbonyl (C=O) groups is 2. The average molecular weight is 514 g/mol. The smallest absolute Gasteiger partial charge is 0.309 e. The molecular formula is C30H43NO6. The van der Waals surface area contributed by atoms with Crippen molar-refractivity contribution in [3.8, 4) is 0 Å². The molecule has 0 amide bonds. The molecule has 204 valence electrons. The summed E-state index contributed by atoms with van der Waals surface area (Å²) in [7, 11) is 0. The van der Waals surface area contributed by atoms with Gasteiger partial charge in [-0.3, -0.25) is 14.6 Å². The van der Waals surface area contributed by atoms with E-state index < -0.39 is 35.6 Å². The summed E-state index contributed by atoms with van der Waals surface area (Å²) >= 11 is 0. The van der Waals surface area contributed by atoms with Gasteiger partial charge in [0.15, 0.2) is 0 Å². The van der Waals surface area contributed by atoms with Gasteiger partial charge in [0.05, 0.1) is 41.4 Å². The number of carbonyl (C=O) groups excluding carboxylic acids is 2. The van der Waals surface area contributed by atoms with Crippen LogP contribution in [-0.4, -0.2) is 57.0 Å². The number of ketones is 1. The number of aliphatic hydroxyl groups is 2. The highest BCUT2D eigenvalue weighted by Gasteiger charge is 2.55. The third-order valence-corrected chi connectivity index (χ3v) is 9.15. The van der Waals surface area contributed by atoms with Crippen molar-refractivity contribution in [3.63, 3.8) is 0 Å². The number of aromatic nitrogens is 1. The van der Waals surface area contributed by atoms with E-state index in [9.17, 15) is 19.8 Å². The monoisotopic (exact) mass is 513 g/mol. The Bertz CT molecular complexity index is 989. The Balaban J connectivity index is 1.60. The van der Waals surface area contributed by atoms with Crippen LogP contribution in [0.1, 0.15) is 91.2 Å². The van der Waals surface area contributed by atoms with Crippen LogP contribution in [-0.2, 0) is 19.1 Å². The lowest BCUT2D eigenvalue weighted by atomic mass is 9.58. The lowest BCUT2D eigenvalue weighted by Crippen LogP contribution is -2.53. The predicted octanol–water partition coefficient (Wildman–Crippen LogP) is 4.64. The van der Waals surface area contributed by atoms with E-state index in [1.807, 2.05) is 45.0 Å². The van der Waals surface area contributed by atoms with Crippen molar-refractivity contribution >= 4 is 17.8 Å². The minimum absolute atomic E-state index is 0.0432. The molecule has 3 heterocycles. The van der Waals surface area contributed by atoms with Crippen LogP contribution in [0.15, 0.2) is 30.0 Å². The van der Waals surface area contributed by atoms with Crippen molar-refractivity contribution in [2.24, 2.45) is 17.3 Å². The number of ether oxygens (including phenoxy) is 2. The summed E-state index contributed by atoms with van der Waals surface area (Å²) in [6.45, 7) is 7.92. The van der Waals surface area contributed by atoms with Gasteiger partial charge >= 0.3 is 5.97 Å². The zero-order valence-electron chi connectivity index (χ0n) is 22.7. The number of Topliss-reactive ketones (excluding diaryl/α,β-unsaturated/α-hetero) is 1. The van der Waals surface area contributed by atoms with Crippen LogP contribution in [0.3, 0.4) is 0 Å². The van der Waals surface area contributed by atoms with E-state index in [2.05, 4.69) is 11.9 Å². The average Bonchev–Trinajstić information content (AvgIpc) is 3.46. The number of epoxide rings is 1. The molecule has 7 nitrogen and oxygen atoms in total. The molecule has 2 saturated heterocycles. The molecule has 2 unspecified atom stereocenters. The first-order valence-electron chi connectivity index (χ1n) is 14.0. The quantitative estimate of drug-likeness (QED) is 0.448. The fourth-order valence-electron chi connectivity index (χ4n) is 6.27. The largest absolute Gasteiger partial charge is 0.458 e. The van der Waals surface area contributed by atoms with Gasteiger partial charge < -0.3 is 19.7 Å². The third-order valence-electron chi connectivity index (χ3n) is 9.15. The maximum Gasteiger partial charge on any atom is 0.309 e. The second-order valence-corrected chi connectivity index (χ2v) is 11.7. The maximum atomic E-state index is 13.7. The van der Waals surface area contributed by atoms with E-state index in [-0.39, 0.29) is 29.8 Å². The van der Waals surface area contributed by atoms with Crippen LogP contribution in [0.4, 0.5) is 0 Å². The SMILES string of the molecule is CC[C@H]1C(=O)C2(CCC2)[C@@H](O)CC(=O)O[C@H](/C(C)=C/c2ccccn2)CC2OC2(C)CCC[C@H](C)[C@@H]1O. The fraction of sp³-hybridized carbons (Fsp3) is 0.700. The summed E-state index contributed by atoms with van der Waals surface area (Å²) in [6, 6.07) is 5.66. The summed E-state index contributed by atoms with van der Waals surface area (Å²) in [6.07, 6.45) is 6.36. The van der Waals surface area contributed by atoms with Crippen LogP contribution in [0, 0.1) is 17.3 Å². The third kappa shape index (κ3) is 5.99. The highest BCUT2D eigenvalue weighted by molar-refractivity contribution is 5.89. The molecule has 0 aromatic carbocycles. The standard InChI is InChI=1S/C30H43NO6/c1-5-22-27(34)19(2)10-8-12-29(4)25(37-29)17-23(20(3)16-21-11-6-7-15-31-21)36-26(33)18-24(32)30(28(22)35)13-9-14-30/h6-7,11,15-16,19,22-25,27,32,34H,5,8-10,12-14,17-18H2,1-4H3/b20-16+/t19-,22+,23-,24-,25?,27-,29?/m0/s1. The molecule has 3 fully saturated rings. The number of rotatable bonds is 3. The highest BCUT2D eigenvalue weighted by Crippen LogP contribution is 2.49. The van der Waals surface area contributed by atoms with E-state index in [1.165, 1.54) is 0 Å². The zero-order valence-corrected chi connectivity index (χ0v) is 22.7. The molecule has 1 saturated carbocycles. The molecule has 7 heteroatoms. The molecule has 2 N–H and O–H groups in total. The number of cyclic esters (lactones) is 1. The van der Waals surface area contributed by atoms with Crippen LogP contribution in [0.2, 0.25) is 0 Å². The Labute approximate surface area is 220 Å². The number of pyridine rings is 1. The number of hydrogen-bond acceptors (Lipinski definition) is 7. The molecule has 1 aromatic rings. The summed E-state index contributed by atoms with van der Waals surface area (Å²) < 4.78 is 12.0. The van der Waals surface area contributed by atoms with Gasteiger partial charge in [-0.25, -0.2) is 0 Å². The van der Waals surface area contributed by atoms with Crippen molar-refractivity contribution in [1.82, 2.24) is 4.98 Å². The Morgan fingerprint density at radius 2 is 1.95 bits per heavy atom. The lowest BCUT2D eigenvalue weighted by molar-refractivity contribution is -0.162. The molecule has 2 aliphatic heterocycles. The molecule has 7 atom stereocenters. The topological polar surface area (TPSA) is 109 Å². The molecule has 1 aliphatic carbocycles. The van der Waals surface area contributed by atoms with Crippen LogP contribution < -0.4 is 0 Å². The second-order valence-electron chi connectivity index (χ2n) is 11.7. The van der Waals surface area contributed by atoms with Gasteiger partial charge in [-0.1, -0.05) is 32.8 Å². The minimum Gasteiger partial charge on any atom is -0.458 e. The summed E-state index contributed by atoms with van der Waals surface area (Å²) in [4.78, 5) is 31.2. The number of hydrogen-bond donors (Lipinski definition) is 2. The second kappa shape index (κ2) is 11.3. The molecule has 37 heavy (non-hydrogen) atoms. The van der Waals surface area contributed by atoms with Gasteiger partial charge in [-0.15, -0.1) is 0 Å². The van der Waals surface area contributed by atoms with E-state index in [0.717, 1.165) is 37.0 Å². The summed E-state index contributed by atoms with van der Waals surface area (Å²) in [5.74, 6) is -1.22. The number of aliphatic hydroxyl groups excluding tert-OH is 2. The van der Waals surface area contributed by atoms with Gasteiger partial charge in [0.25, 0.3) is 0 Å². The Morgan fingerprint density at radius 3 is 2.57 bits per heavy atom. The normalized spacial score (nSPS) is 37.4. The fourth-order valence-corrected chi connectivity index (χ4v) is 6.27. The lowest BCUT2D eigenvalue weighted by Gasteiger charge is -2.46. The van der Waals surface area contributed by atoms with E-state index in [1.54, 1.807) is 6.20 Å². The van der Waals surface area contributed by atoms with Crippen LogP contribution in [0.5, 0.6) is 0 Å². The van der Waals surface area contributed by atoms with Crippen molar-refractivity contribution in [3.05, 3.63) is 35.7 Å². The molecule has 3 aliphatic rings. The Morgan fingerprint density at radius 1 is 1.19 bits per heavy atom. The molecule has 0 radical (unpaired) electrons. The molecule has 0 bridgehead atoms. The molecule has 1 aromatic heterocycles. The maximum absolute atomic E-state index is 13.7. The van der Waals surface area contributed by atoms with Crippen molar-refractivity contribution in [2.75, 3.05) is 0 Å². The summed E-state index contributed by atoms with van der Waals surface area (Å²) in [5.41, 5.74) is 0.356. The Hall–Kier alpha value is -2.09. The number of fused-ring (bicyclic) bond motifs is 1. The van der Waals surface area contributed by atoms with Crippen LogP contribution >= 0.6 is 0 Å². The predicted molar refractivity (Wildman–Crippen MR) is 140 cm³/mol. The van der Waals surface area contributed by atoms with Gasteiger partial charge in [0.2, 0.25) is 0 Å². The first-order valence-corrected chi connectivity index (χ1v) is 14.0. The first-order chi connectivity index (χ1) is 17.6.